The summed E-state index contributed by atoms with van der Waals surface area (Å²) in [6, 6.07) is 1.26. The Morgan fingerprint density at radius 1 is 1.42 bits per heavy atom. The molecule has 1 amide bonds. The zero-order valence-corrected chi connectivity index (χ0v) is 11.7. The van der Waals surface area contributed by atoms with Crippen LogP contribution >= 0.6 is 11.6 Å². The van der Waals surface area contributed by atoms with Crippen molar-refractivity contribution in [3.05, 3.63) is 28.8 Å². The molecule has 2 atom stereocenters. The molecule has 1 aliphatic carbocycles. The minimum absolute atomic E-state index is 0.0418. The highest BCUT2D eigenvalue weighted by Gasteiger charge is 2.23. The zero-order valence-electron chi connectivity index (χ0n) is 11.0. The van der Waals surface area contributed by atoms with Crippen LogP contribution in [0.4, 0.5) is 4.39 Å². The van der Waals surface area contributed by atoms with Crippen molar-refractivity contribution in [3.8, 4) is 0 Å². The first kappa shape index (κ1) is 14.3. The zero-order chi connectivity index (χ0) is 13.8. The van der Waals surface area contributed by atoms with Gasteiger partial charge in [-0.05, 0) is 24.8 Å². The third kappa shape index (κ3) is 3.66. The Balaban J connectivity index is 2.09. The van der Waals surface area contributed by atoms with E-state index in [1.54, 1.807) is 0 Å². The summed E-state index contributed by atoms with van der Waals surface area (Å²) in [4.78, 5) is 15.8. The summed E-state index contributed by atoms with van der Waals surface area (Å²) < 4.78 is 13.1. The van der Waals surface area contributed by atoms with E-state index in [0.29, 0.717) is 5.92 Å². The first-order valence-corrected chi connectivity index (χ1v) is 7.07. The second kappa shape index (κ2) is 6.33. The van der Waals surface area contributed by atoms with E-state index in [4.69, 9.17) is 11.6 Å². The summed E-state index contributed by atoms with van der Waals surface area (Å²) in [5.74, 6) is -0.453. The van der Waals surface area contributed by atoms with Crippen molar-refractivity contribution in [2.75, 3.05) is 0 Å². The van der Waals surface area contributed by atoms with Gasteiger partial charge in [-0.15, -0.1) is 0 Å². The van der Waals surface area contributed by atoms with E-state index in [1.807, 2.05) is 0 Å². The largest absolute Gasteiger partial charge is 0.349 e. The third-order valence-electron chi connectivity index (χ3n) is 3.73. The summed E-state index contributed by atoms with van der Waals surface area (Å²) in [5.41, 5.74) is 0.109. The second-order valence-corrected chi connectivity index (χ2v) is 5.55. The Hall–Kier alpha value is -1.16. The molecule has 1 heterocycles. The number of pyridine rings is 1. The molecule has 1 saturated carbocycles. The van der Waals surface area contributed by atoms with E-state index in [1.165, 1.54) is 12.8 Å². The molecule has 3 nitrogen and oxygen atoms in total. The fourth-order valence-electron chi connectivity index (χ4n) is 2.54. The maximum atomic E-state index is 13.1. The van der Waals surface area contributed by atoms with E-state index < -0.39 is 5.82 Å². The summed E-state index contributed by atoms with van der Waals surface area (Å²) in [6.45, 7) is 2.14. The lowest BCUT2D eigenvalue weighted by Crippen LogP contribution is -2.39. The van der Waals surface area contributed by atoms with Crippen LogP contribution in [0.15, 0.2) is 12.3 Å². The quantitative estimate of drug-likeness (QED) is 0.666. The number of carbonyl (C=O) groups is 1. The van der Waals surface area contributed by atoms with Gasteiger partial charge in [-0.3, -0.25) is 4.79 Å². The fraction of sp³-hybridized carbons (Fsp3) is 0.571. The number of nitrogens with zero attached hydrogens (tertiary/aromatic N) is 1. The number of hydrogen-bond acceptors (Lipinski definition) is 2. The first-order chi connectivity index (χ1) is 9.08. The SMILES string of the molecule is CC1CCCCCC1NC(=O)c1cc(F)cnc1Cl. The normalized spacial score (nSPS) is 23.7. The number of carbonyl (C=O) groups excluding carboxylic acids is 1. The number of rotatable bonds is 2. The molecule has 19 heavy (non-hydrogen) atoms. The number of nitrogens with one attached hydrogen (secondary N) is 1. The van der Waals surface area contributed by atoms with E-state index in [2.05, 4.69) is 17.2 Å². The molecule has 1 N–H and O–H groups in total. The topological polar surface area (TPSA) is 42.0 Å². The molecule has 0 radical (unpaired) electrons. The molecular formula is C14H18ClFN2O. The number of hydrogen-bond donors (Lipinski definition) is 1. The number of aromatic nitrogens is 1. The Bertz CT molecular complexity index is 467. The highest BCUT2D eigenvalue weighted by Crippen LogP contribution is 2.23. The maximum absolute atomic E-state index is 13.1. The summed E-state index contributed by atoms with van der Waals surface area (Å²) in [5, 5.41) is 3.00. The van der Waals surface area contributed by atoms with Gasteiger partial charge in [-0.1, -0.05) is 37.8 Å². The van der Waals surface area contributed by atoms with E-state index >= 15 is 0 Å². The van der Waals surface area contributed by atoms with Gasteiger partial charge in [0.2, 0.25) is 0 Å². The standard InChI is InChI=1S/C14H18ClFN2O/c1-9-5-3-2-4-6-12(9)18-14(19)11-7-10(16)8-17-13(11)15/h7-9,12H,2-6H2,1H3,(H,18,19). The van der Waals surface area contributed by atoms with Crippen molar-refractivity contribution in [3.63, 3.8) is 0 Å². The van der Waals surface area contributed by atoms with Crippen LogP contribution in [0, 0.1) is 11.7 Å². The lowest BCUT2D eigenvalue weighted by molar-refractivity contribution is 0.0921. The van der Waals surface area contributed by atoms with Crippen LogP contribution in [0.2, 0.25) is 5.15 Å². The number of amides is 1. The van der Waals surface area contributed by atoms with Gasteiger partial charge in [0.1, 0.15) is 11.0 Å². The van der Waals surface area contributed by atoms with Crippen LogP contribution in [-0.2, 0) is 0 Å². The van der Waals surface area contributed by atoms with Crippen molar-refractivity contribution in [1.82, 2.24) is 10.3 Å². The smallest absolute Gasteiger partial charge is 0.254 e. The minimum Gasteiger partial charge on any atom is -0.349 e. The molecule has 0 saturated heterocycles. The molecule has 1 aromatic rings. The molecule has 0 aliphatic heterocycles. The average molecular weight is 285 g/mol. The molecule has 5 heteroatoms. The van der Waals surface area contributed by atoms with Crippen molar-refractivity contribution in [1.29, 1.82) is 0 Å². The fourth-order valence-corrected chi connectivity index (χ4v) is 2.72. The molecule has 1 aromatic heterocycles. The Morgan fingerprint density at radius 2 is 2.16 bits per heavy atom. The summed E-state index contributed by atoms with van der Waals surface area (Å²) in [6.07, 6.45) is 6.61. The van der Waals surface area contributed by atoms with Crippen LogP contribution in [0.25, 0.3) is 0 Å². The van der Waals surface area contributed by atoms with Gasteiger partial charge in [0.05, 0.1) is 11.8 Å². The van der Waals surface area contributed by atoms with E-state index in [-0.39, 0.29) is 22.7 Å². The Kier molecular flexibility index (Phi) is 4.75. The van der Waals surface area contributed by atoms with Crippen LogP contribution in [0.3, 0.4) is 0 Å². The first-order valence-electron chi connectivity index (χ1n) is 6.70. The van der Waals surface area contributed by atoms with E-state index in [9.17, 15) is 9.18 Å². The van der Waals surface area contributed by atoms with Gasteiger partial charge < -0.3 is 5.32 Å². The lowest BCUT2D eigenvalue weighted by atomic mass is 9.97. The minimum atomic E-state index is -0.552. The molecule has 2 rings (SSSR count). The van der Waals surface area contributed by atoms with Crippen LogP contribution in [-0.4, -0.2) is 16.9 Å². The summed E-state index contributed by atoms with van der Waals surface area (Å²) >= 11 is 5.84. The van der Waals surface area contributed by atoms with Gasteiger partial charge in [-0.25, -0.2) is 9.37 Å². The van der Waals surface area contributed by atoms with Gasteiger partial charge in [0, 0.05) is 6.04 Å². The van der Waals surface area contributed by atoms with Crippen molar-refractivity contribution in [2.24, 2.45) is 5.92 Å². The van der Waals surface area contributed by atoms with Crippen LogP contribution in [0.1, 0.15) is 49.4 Å². The third-order valence-corrected chi connectivity index (χ3v) is 4.03. The van der Waals surface area contributed by atoms with Gasteiger partial charge in [0.25, 0.3) is 5.91 Å². The second-order valence-electron chi connectivity index (χ2n) is 5.19. The van der Waals surface area contributed by atoms with Crippen molar-refractivity contribution < 1.29 is 9.18 Å². The van der Waals surface area contributed by atoms with Gasteiger partial charge in [0.15, 0.2) is 0 Å². The van der Waals surface area contributed by atoms with Gasteiger partial charge in [-0.2, -0.15) is 0 Å². The molecule has 1 aliphatic rings. The predicted molar refractivity (Wildman–Crippen MR) is 72.7 cm³/mol. The van der Waals surface area contributed by atoms with Crippen molar-refractivity contribution >= 4 is 17.5 Å². The Morgan fingerprint density at radius 3 is 2.95 bits per heavy atom. The molecule has 2 unspecified atom stereocenters. The highest BCUT2D eigenvalue weighted by molar-refractivity contribution is 6.32. The lowest BCUT2D eigenvalue weighted by Gasteiger charge is -2.22. The van der Waals surface area contributed by atoms with Crippen LogP contribution in [0.5, 0.6) is 0 Å². The summed E-state index contributed by atoms with van der Waals surface area (Å²) in [7, 11) is 0. The molecule has 0 aromatic carbocycles. The average Bonchev–Trinajstić information content (AvgIpc) is 2.58. The molecule has 1 fully saturated rings. The van der Waals surface area contributed by atoms with E-state index in [0.717, 1.165) is 31.5 Å². The molecule has 0 bridgehead atoms. The van der Waals surface area contributed by atoms with Crippen molar-refractivity contribution in [2.45, 2.75) is 45.1 Å². The molecular weight excluding hydrogens is 267 g/mol. The maximum Gasteiger partial charge on any atom is 0.254 e. The number of halogens is 2. The molecule has 104 valence electrons. The Labute approximate surface area is 117 Å². The monoisotopic (exact) mass is 284 g/mol. The highest BCUT2D eigenvalue weighted by atomic mass is 35.5. The van der Waals surface area contributed by atoms with Crippen LogP contribution < -0.4 is 5.32 Å². The predicted octanol–water partition coefficient (Wildman–Crippen LogP) is 3.57. The van der Waals surface area contributed by atoms with Gasteiger partial charge >= 0.3 is 0 Å². The molecule has 0 spiro atoms.